The van der Waals surface area contributed by atoms with Crippen molar-refractivity contribution >= 4 is 50.1 Å². The molecular formula is C30H26N2O6S. The van der Waals surface area contributed by atoms with Crippen LogP contribution in [-0.4, -0.2) is 41.5 Å². The van der Waals surface area contributed by atoms with Gasteiger partial charge in [-0.2, -0.15) is 0 Å². The van der Waals surface area contributed by atoms with Crippen molar-refractivity contribution in [2.24, 2.45) is 0 Å². The van der Waals surface area contributed by atoms with Crippen molar-refractivity contribution < 1.29 is 29.0 Å². The first-order valence-corrected chi connectivity index (χ1v) is 13.2. The number of nitrogens with zero attached hydrogens (tertiary/aromatic N) is 2. The van der Waals surface area contributed by atoms with E-state index in [9.17, 15) is 19.5 Å². The van der Waals surface area contributed by atoms with Crippen LogP contribution in [0.5, 0.6) is 5.75 Å². The van der Waals surface area contributed by atoms with Crippen LogP contribution in [0, 0.1) is 13.8 Å². The first-order valence-electron chi connectivity index (χ1n) is 12.3. The number of anilines is 1. The molecule has 0 aliphatic carbocycles. The van der Waals surface area contributed by atoms with Crippen LogP contribution >= 0.6 is 11.3 Å². The molecule has 0 radical (unpaired) electrons. The van der Waals surface area contributed by atoms with E-state index in [2.05, 4.69) is 0 Å². The molecule has 1 fully saturated rings. The van der Waals surface area contributed by atoms with E-state index in [0.717, 1.165) is 21.3 Å². The number of amides is 1. The molecule has 39 heavy (non-hydrogen) atoms. The molecule has 1 N–H and O–H groups in total. The molecule has 0 saturated carbocycles. The second kappa shape index (κ2) is 10.3. The van der Waals surface area contributed by atoms with Gasteiger partial charge in [0.15, 0.2) is 5.13 Å². The van der Waals surface area contributed by atoms with Gasteiger partial charge in [0.2, 0.25) is 0 Å². The predicted octanol–water partition coefficient (Wildman–Crippen LogP) is 5.72. The lowest BCUT2D eigenvalue weighted by Gasteiger charge is -2.23. The molecule has 1 aliphatic heterocycles. The van der Waals surface area contributed by atoms with Gasteiger partial charge in [-0.15, -0.1) is 0 Å². The molecule has 2 heterocycles. The fourth-order valence-electron chi connectivity index (χ4n) is 4.76. The van der Waals surface area contributed by atoms with E-state index in [0.29, 0.717) is 34.2 Å². The van der Waals surface area contributed by atoms with E-state index >= 15 is 0 Å². The number of ether oxygens (including phenoxy) is 2. The van der Waals surface area contributed by atoms with E-state index in [-0.39, 0.29) is 11.3 Å². The molecule has 4 aromatic rings. The van der Waals surface area contributed by atoms with E-state index in [1.807, 2.05) is 32.9 Å². The third-order valence-electron chi connectivity index (χ3n) is 6.56. The van der Waals surface area contributed by atoms with E-state index in [1.165, 1.54) is 23.3 Å². The molecule has 5 rings (SSSR count). The summed E-state index contributed by atoms with van der Waals surface area (Å²) in [4.78, 5) is 45.1. The Labute approximate surface area is 229 Å². The molecule has 198 valence electrons. The van der Waals surface area contributed by atoms with Crippen LogP contribution < -0.4 is 9.64 Å². The number of Topliss-reactive ketones (excluding diaryl/α,β-unsaturated/α-hetero) is 1. The van der Waals surface area contributed by atoms with Gasteiger partial charge in [0.25, 0.3) is 5.78 Å². The molecular weight excluding hydrogens is 516 g/mol. The molecule has 0 unspecified atom stereocenters. The molecule has 9 heteroatoms. The Morgan fingerprint density at radius 2 is 1.69 bits per heavy atom. The summed E-state index contributed by atoms with van der Waals surface area (Å²) in [7, 11) is 1.29. The minimum absolute atomic E-state index is 0.0675. The number of carbonyl (C=O) groups is 3. The van der Waals surface area contributed by atoms with Crippen LogP contribution in [0.1, 0.15) is 45.6 Å². The Bertz CT molecular complexity index is 1640. The summed E-state index contributed by atoms with van der Waals surface area (Å²) in [5.41, 5.74) is 3.90. The lowest BCUT2D eigenvalue weighted by molar-refractivity contribution is -0.132. The number of hydrogen-bond donors (Lipinski definition) is 1. The van der Waals surface area contributed by atoms with Gasteiger partial charge < -0.3 is 14.6 Å². The number of aryl methyl sites for hydroxylation is 2. The molecule has 0 spiro atoms. The SMILES string of the molecule is CCOc1ccc(/C(O)=C2\C(=O)C(=O)N(c3nc4c(C)cc(C)cc4s3)[C@@H]2c2ccc(C(=O)OC)cc2)cc1. The number of hydrogen-bond acceptors (Lipinski definition) is 8. The average Bonchev–Trinajstić information content (AvgIpc) is 3.47. The normalized spacial score (nSPS) is 16.6. The minimum Gasteiger partial charge on any atom is -0.507 e. The van der Waals surface area contributed by atoms with E-state index < -0.39 is 23.7 Å². The number of rotatable bonds is 6. The van der Waals surface area contributed by atoms with Crippen LogP contribution in [-0.2, 0) is 14.3 Å². The summed E-state index contributed by atoms with van der Waals surface area (Å²) >= 11 is 1.30. The molecule has 1 aromatic heterocycles. The quantitative estimate of drug-likeness (QED) is 0.144. The number of ketones is 1. The summed E-state index contributed by atoms with van der Waals surface area (Å²) < 4.78 is 11.2. The zero-order chi connectivity index (χ0) is 27.8. The van der Waals surface area contributed by atoms with Gasteiger partial charge in [-0.1, -0.05) is 29.5 Å². The van der Waals surface area contributed by atoms with Gasteiger partial charge in [0.1, 0.15) is 11.5 Å². The maximum Gasteiger partial charge on any atom is 0.337 e. The third kappa shape index (κ3) is 4.66. The molecule has 1 amide bonds. The van der Waals surface area contributed by atoms with Crippen LogP contribution in [0.3, 0.4) is 0 Å². The lowest BCUT2D eigenvalue weighted by atomic mass is 9.94. The van der Waals surface area contributed by atoms with Crippen molar-refractivity contribution in [2.75, 3.05) is 18.6 Å². The summed E-state index contributed by atoms with van der Waals surface area (Å²) in [6.45, 7) is 6.28. The lowest BCUT2D eigenvalue weighted by Crippen LogP contribution is -2.29. The van der Waals surface area contributed by atoms with Gasteiger partial charge in [-0.3, -0.25) is 14.5 Å². The molecule has 1 saturated heterocycles. The number of carbonyl (C=O) groups excluding carboxylic acids is 3. The zero-order valence-corrected chi connectivity index (χ0v) is 22.7. The van der Waals surface area contributed by atoms with Crippen molar-refractivity contribution in [2.45, 2.75) is 26.8 Å². The number of aliphatic hydroxyl groups is 1. The largest absolute Gasteiger partial charge is 0.507 e. The minimum atomic E-state index is -0.967. The molecule has 1 atom stereocenters. The molecule has 3 aromatic carbocycles. The summed E-state index contributed by atoms with van der Waals surface area (Å²) in [5.74, 6) is -1.82. The number of benzene rings is 3. The number of thiazole rings is 1. The van der Waals surface area contributed by atoms with Crippen LogP contribution in [0.4, 0.5) is 5.13 Å². The van der Waals surface area contributed by atoms with Gasteiger partial charge >= 0.3 is 11.9 Å². The number of methoxy groups -OCH3 is 1. The first kappa shape index (κ1) is 26.1. The standard InChI is InChI=1S/C30H26N2O6S/c1-5-38-21-12-10-19(11-13-21)26(33)23-25(18-6-8-20(9-7-18)29(36)37-4)32(28(35)27(23)34)30-31-24-17(3)14-16(2)15-22(24)39-30/h6-15,25,33H,5H2,1-4H3/b26-23+/t25-/m1/s1. The second-order valence-corrected chi connectivity index (χ2v) is 10.2. The number of fused-ring (bicyclic) bond motifs is 1. The third-order valence-corrected chi connectivity index (χ3v) is 7.56. The average molecular weight is 543 g/mol. The highest BCUT2D eigenvalue weighted by atomic mass is 32.1. The Hall–Kier alpha value is -4.50. The maximum atomic E-state index is 13.5. The van der Waals surface area contributed by atoms with Crippen LogP contribution in [0.2, 0.25) is 0 Å². The highest BCUT2D eigenvalue weighted by Gasteiger charge is 2.48. The first-order chi connectivity index (χ1) is 18.7. The predicted molar refractivity (Wildman–Crippen MR) is 149 cm³/mol. The zero-order valence-electron chi connectivity index (χ0n) is 21.8. The Balaban J connectivity index is 1.69. The topological polar surface area (TPSA) is 106 Å². The maximum absolute atomic E-state index is 13.5. The fraction of sp³-hybridized carbons (Fsp3) is 0.200. The summed E-state index contributed by atoms with van der Waals surface area (Å²) in [6.07, 6.45) is 0. The Morgan fingerprint density at radius 3 is 2.33 bits per heavy atom. The Morgan fingerprint density at radius 1 is 1.03 bits per heavy atom. The van der Waals surface area contributed by atoms with Gasteiger partial charge in [-0.05, 0) is 79.9 Å². The van der Waals surface area contributed by atoms with Gasteiger partial charge in [0.05, 0.1) is 41.1 Å². The highest BCUT2D eigenvalue weighted by molar-refractivity contribution is 7.22. The molecule has 1 aliphatic rings. The van der Waals surface area contributed by atoms with Gasteiger partial charge in [0, 0.05) is 5.56 Å². The molecule has 8 nitrogen and oxygen atoms in total. The number of aliphatic hydroxyl groups excluding tert-OH is 1. The van der Waals surface area contributed by atoms with Gasteiger partial charge in [-0.25, -0.2) is 9.78 Å². The van der Waals surface area contributed by atoms with Crippen molar-refractivity contribution in [1.29, 1.82) is 0 Å². The van der Waals surface area contributed by atoms with E-state index in [1.54, 1.807) is 48.5 Å². The second-order valence-electron chi connectivity index (χ2n) is 9.17. The van der Waals surface area contributed by atoms with Crippen molar-refractivity contribution in [3.63, 3.8) is 0 Å². The van der Waals surface area contributed by atoms with Crippen molar-refractivity contribution in [1.82, 2.24) is 4.98 Å². The summed E-state index contributed by atoms with van der Waals surface area (Å²) in [6, 6.07) is 16.1. The van der Waals surface area contributed by atoms with Crippen LogP contribution in [0.25, 0.3) is 16.0 Å². The Kier molecular flexibility index (Phi) is 6.93. The van der Waals surface area contributed by atoms with Crippen LogP contribution in [0.15, 0.2) is 66.2 Å². The van der Waals surface area contributed by atoms with E-state index in [4.69, 9.17) is 14.5 Å². The monoisotopic (exact) mass is 542 g/mol. The number of aromatic nitrogens is 1. The summed E-state index contributed by atoms with van der Waals surface area (Å²) in [5, 5.41) is 11.7. The fourth-order valence-corrected chi connectivity index (χ4v) is 5.93. The van der Waals surface area contributed by atoms with Crippen molar-refractivity contribution in [3.8, 4) is 5.75 Å². The highest BCUT2D eigenvalue weighted by Crippen LogP contribution is 2.44. The smallest absolute Gasteiger partial charge is 0.337 e. The molecule has 0 bridgehead atoms. The van der Waals surface area contributed by atoms with Crippen molar-refractivity contribution in [3.05, 3.63) is 94.1 Å². The number of esters is 1.